The SMILES string of the molecule is CNC(=O)Nc1ccccc1-c1ccc(CN2C(=O)[C@H](NC(=O)CC(C)(C)NCc3cc4ccccc4o3)CSc3ccccc32)cc1. The third kappa shape index (κ3) is 7.73. The van der Waals surface area contributed by atoms with E-state index in [2.05, 4.69) is 21.3 Å². The average molecular weight is 662 g/mol. The highest BCUT2D eigenvalue weighted by Gasteiger charge is 2.33. The fourth-order valence-electron chi connectivity index (χ4n) is 5.78. The van der Waals surface area contributed by atoms with E-state index in [9.17, 15) is 14.4 Å². The van der Waals surface area contributed by atoms with Crippen LogP contribution in [0.25, 0.3) is 22.1 Å². The van der Waals surface area contributed by atoms with Crippen LogP contribution in [0.1, 0.15) is 31.6 Å². The van der Waals surface area contributed by atoms with Crippen LogP contribution >= 0.6 is 11.8 Å². The summed E-state index contributed by atoms with van der Waals surface area (Å²) in [6.45, 7) is 4.76. The lowest BCUT2D eigenvalue weighted by molar-refractivity contribution is -0.127. The normalized spacial score (nSPS) is 14.7. The monoisotopic (exact) mass is 661 g/mol. The number of fused-ring (bicyclic) bond motifs is 2. The van der Waals surface area contributed by atoms with Gasteiger partial charge in [-0.3, -0.25) is 9.59 Å². The molecule has 2 heterocycles. The fraction of sp³-hybridized carbons (Fsp3) is 0.237. The number of hydrogen-bond donors (Lipinski definition) is 4. The topological polar surface area (TPSA) is 116 Å². The molecule has 1 aliphatic heterocycles. The number of thioether (sulfide) groups is 1. The van der Waals surface area contributed by atoms with Crippen LogP contribution in [0.2, 0.25) is 0 Å². The van der Waals surface area contributed by atoms with E-state index in [4.69, 9.17) is 4.42 Å². The maximum atomic E-state index is 14.1. The second kappa shape index (κ2) is 14.4. The van der Waals surface area contributed by atoms with Crippen molar-refractivity contribution in [1.29, 1.82) is 0 Å². The summed E-state index contributed by atoms with van der Waals surface area (Å²) in [4.78, 5) is 42.2. The Balaban J connectivity index is 1.14. The number of rotatable bonds is 10. The van der Waals surface area contributed by atoms with Crippen molar-refractivity contribution in [1.82, 2.24) is 16.0 Å². The van der Waals surface area contributed by atoms with Crippen LogP contribution < -0.4 is 26.2 Å². The molecule has 9 nitrogen and oxygen atoms in total. The third-order valence-electron chi connectivity index (χ3n) is 8.29. The zero-order valence-electron chi connectivity index (χ0n) is 27.2. The Morgan fingerprint density at radius 3 is 2.46 bits per heavy atom. The highest BCUT2D eigenvalue weighted by Crippen LogP contribution is 2.36. The van der Waals surface area contributed by atoms with Crippen LogP contribution in [0.3, 0.4) is 0 Å². The van der Waals surface area contributed by atoms with Crippen LogP contribution in [0, 0.1) is 0 Å². The summed E-state index contributed by atoms with van der Waals surface area (Å²) in [5.41, 5.74) is 4.57. The number of anilines is 2. The molecule has 1 aliphatic rings. The minimum Gasteiger partial charge on any atom is -0.460 e. The number of hydrogen-bond acceptors (Lipinski definition) is 6. The number of carbonyl (C=O) groups excluding carboxylic acids is 3. The van der Waals surface area contributed by atoms with Crippen LogP contribution in [-0.4, -0.2) is 42.2 Å². The number of nitrogens with one attached hydrogen (secondary N) is 4. The van der Waals surface area contributed by atoms with Gasteiger partial charge in [0.05, 0.1) is 24.5 Å². The van der Waals surface area contributed by atoms with Crippen molar-refractivity contribution in [2.24, 2.45) is 0 Å². The molecular formula is C38H39N5O4S. The molecule has 0 aliphatic carbocycles. The van der Waals surface area contributed by atoms with E-state index in [1.165, 1.54) is 0 Å². The van der Waals surface area contributed by atoms with Crippen molar-refractivity contribution in [2.75, 3.05) is 23.0 Å². The van der Waals surface area contributed by atoms with Gasteiger partial charge in [0.25, 0.3) is 5.91 Å². The van der Waals surface area contributed by atoms with Crippen LogP contribution in [0.4, 0.5) is 16.2 Å². The molecule has 1 aromatic heterocycles. The minimum absolute atomic E-state index is 0.155. The lowest BCUT2D eigenvalue weighted by Gasteiger charge is -2.28. The Hall–Kier alpha value is -5.06. The highest BCUT2D eigenvalue weighted by atomic mass is 32.2. The second-order valence-electron chi connectivity index (χ2n) is 12.4. The number of para-hydroxylation sites is 3. The summed E-state index contributed by atoms with van der Waals surface area (Å²) in [7, 11) is 1.58. The Morgan fingerprint density at radius 1 is 0.938 bits per heavy atom. The number of carbonyl (C=O) groups is 3. The van der Waals surface area contributed by atoms with Crippen molar-refractivity contribution in [3.63, 3.8) is 0 Å². The molecule has 5 aromatic rings. The first kappa shape index (κ1) is 32.9. The first-order chi connectivity index (χ1) is 23.2. The maximum absolute atomic E-state index is 14.1. The van der Waals surface area contributed by atoms with E-state index >= 15 is 0 Å². The molecule has 0 radical (unpaired) electrons. The van der Waals surface area contributed by atoms with E-state index in [1.807, 2.05) is 117 Å². The molecule has 1 atom stereocenters. The first-order valence-electron chi connectivity index (χ1n) is 15.9. The quantitative estimate of drug-likeness (QED) is 0.129. The van der Waals surface area contributed by atoms with Crippen molar-refractivity contribution in [3.05, 3.63) is 114 Å². The minimum atomic E-state index is -0.692. The molecule has 10 heteroatoms. The molecule has 0 spiro atoms. The smallest absolute Gasteiger partial charge is 0.318 e. The highest BCUT2D eigenvalue weighted by molar-refractivity contribution is 7.99. The number of amides is 4. The lowest BCUT2D eigenvalue weighted by atomic mass is 9.99. The molecule has 4 amide bonds. The van der Waals surface area contributed by atoms with Crippen molar-refractivity contribution in [3.8, 4) is 11.1 Å². The van der Waals surface area contributed by atoms with E-state index in [-0.39, 0.29) is 24.3 Å². The van der Waals surface area contributed by atoms with Gasteiger partial charge < -0.3 is 30.6 Å². The summed E-state index contributed by atoms with van der Waals surface area (Å²) in [5.74, 6) is 0.874. The zero-order chi connectivity index (χ0) is 33.7. The Kier molecular flexibility index (Phi) is 9.84. The van der Waals surface area contributed by atoms with Crippen LogP contribution in [-0.2, 0) is 22.7 Å². The summed E-state index contributed by atoms with van der Waals surface area (Å²) in [5, 5.41) is 13.0. The third-order valence-corrected chi connectivity index (χ3v) is 9.45. The van der Waals surface area contributed by atoms with E-state index in [1.54, 1.807) is 23.7 Å². The molecule has 0 saturated carbocycles. The molecule has 4 N–H and O–H groups in total. The van der Waals surface area contributed by atoms with Gasteiger partial charge in [-0.25, -0.2) is 4.79 Å². The molecular weight excluding hydrogens is 623 g/mol. The van der Waals surface area contributed by atoms with E-state index < -0.39 is 11.6 Å². The van der Waals surface area contributed by atoms with Gasteiger partial charge in [-0.1, -0.05) is 72.8 Å². The van der Waals surface area contributed by atoms with Gasteiger partial charge in [-0.2, -0.15) is 0 Å². The predicted octanol–water partition coefficient (Wildman–Crippen LogP) is 6.93. The molecule has 0 fully saturated rings. The maximum Gasteiger partial charge on any atom is 0.318 e. The Morgan fingerprint density at radius 2 is 1.67 bits per heavy atom. The Labute approximate surface area is 284 Å². The van der Waals surface area contributed by atoms with Crippen molar-refractivity contribution < 1.29 is 18.8 Å². The van der Waals surface area contributed by atoms with Gasteiger partial charge in [0, 0.05) is 40.6 Å². The molecule has 0 saturated heterocycles. The molecule has 6 rings (SSSR count). The molecule has 4 aromatic carbocycles. The van der Waals surface area contributed by atoms with Gasteiger partial charge in [0.2, 0.25) is 5.91 Å². The van der Waals surface area contributed by atoms with Gasteiger partial charge >= 0.3 is 6.03 Å². The van der Waals surface area contributed by atoms with E-state index in [0.29, 0.717) is 24.5 Å². The number of urea groups is 1. The van der Waals surface area contributed by atoms with Gasteiger partial charge in [0.1, 0.15) is 17.4 Å². The summed E-state index contributed by atoms with van der Waals surface area (Å²) in [6, 6.07) is 32.3. The molecule has 0 bridgehead atoms. The zero-order valence-corrected chi connectivity index (χ0v) is 28.0. The van der Waals surface area contributed by atoms with Crippen molar-refractivity contribution in [2.45, 2.75) is 49.8 Å². The Bertz CT molecular complexity index is 1900. The van der Waals surface area contributed by atoms with Crippen LogP contribution in [0.15, 0.2) is 112 Å². The largest absolute Gasteiger partial charge is 0.460 e. The molecule has 246 valence electrons. The fourth-order valence-corrected chi connectivity index (χ4v) is 6.85. The number of nitrogens with zero attached hydrogens (tertiary/aromatic N) is 1. The van der Waals surface area contributed by atoms with Gasteiger partial charge in [-0.05, 0) is 55.3 Å². The number of benzene rings is 4. The predicted molar refractivity (Wildman–Crippen MR) is 192 cm³/mol. The average Bonchev–Trinajstić information content (AvgIpc) is 3.47. The summed E-state index contributed by atoms with van der Waals surface area (Å²) >= 11 is 1.57. The van der Waals surface area contributed by atoms with Gasteiger partial charge in [-0.15, -0.1) is 11.8 Å². The van der Waals surface area contributed by atoms with E-state index in [0.717, 1.165) is 44.0 Å². The van der Waals surface area contributed by atoms with Gasteiger partial charge in [0.15, 0.2) is 0 Å². The molecule has 0 unspecified atom stereocenters. The molecule has 48 heavy (non-hydrogen) atoms. The summed E-state index contributed by atoms with van der Waals surface area (Å²) in [6.07, 6.45) is 0.187. The summed E-state index contributed by atoms with van der Waals surface area (Å²) < 4.78 is 5.93. The van der Waals surface area contributed by atoms with Crippen LogP contribution in [0.5, 0.6) is 0 Å². The standard InChI is InChI=1S/C38H39N5O4S/c1-38(2,40-22-28-20-27-10-4-8-14-33(27)47-28)21-35(44)41-31-24-48-34-15-9-7-13-32(34)43(36(31)45)23-25-16-18-26(19-17-25)29-11-5-6-12-30(29)42-37(46)39-3/h4-20,31,40H,21-24H2,1-3H3,(H,41,44)(H2,39,42,46)/t31-/m1/s1. The first-order valence-corrected chi connectivity index (χ1v) is 16.9. The lowest BCUT2D eigenvalue weighted by Crippen LogP contribution is -2.51. The van der Waals surface area contributed by atoms with Crippen molar-refractivity contribution >= 4 is 52.0 Å². The number of furan rings is 1. The second-order valence-corrected chi connectivity index (χ2v) is 13.5.